The number of aromatic carboxylic acids is 1. The third kappa shape index (κ3) is 1.97. The molecule has 2 N–H and O–H groups in total. The SMILES string of the molecule is COC(=O)c1cc([N+](=O)[O-])cc2[nH]nc(C(=O)O)c12. The Hall–Kier alpha value is -2.97. The van der Waals surface area contributed by atoms with Gasteiger partial charge in [-0.25, -0.2) is 9.59 Å². The highest BCUT2D eigenvalue weighted by atomic mass is 16.6. The molecule has 0 aliphatic heterocycles. The summed E-state index contributed by atoms with van der Waals surface area (Å²) in [5.74, 6) is -2.23. The Morgan fingerprint density at radius 1 is 1.47 bits per heavy atom. The van der Waals surface area contributed by atoms with Crippen LogP contribution in [0.25, 0.3) is 10.9 Å². The summed E-state index contributed by atoms with van der Waals surface area (Å²) in [5, 5.41) is 25.5. The standard InChI is InChI=1S/C10H7N3O6/c1-19-10(16)5-2-4(13(17)18)3-6-7(5)8(9(14)15)12-11-6/h2-3H,1H3,(H,11,12)(H,14,15). The van der Waals surface area contributed by atoms with Gasteiger partial charge in [-0.05, 0) is 0 Å². The van der Waals surface area contributed by atoms with E-state index in [9.17, 15) is 19.7 Å². The van der Waals surface area contributed by atoms with Gasteiger partial charge in [0.25, 0.3) is 5.69 Å². The number of ether oxygens (including phenoxy) is 1. The lowest BCUT2D eigenvalue weighted by molar-refractivity contribution is -0.384. The number of esters is 1. The number of hydrogen-bond donors (Lipinski definition) is 2. The molecule has 1 aromatic heterocycles. The minimum atomic E-state index is -1.36. The Morgan fingerprint density at radius 2 is 2.16 bits per heavy atom. The fourth-order valence-corrected chi connectivity index (χ4v) is 1.67. The number of carboxylic acids is 1. The molecule has 0 spiro atoms. The van der Waals surface area contributed by atoms with Crippen molar-refractivity contribution in [2.45, 2.75) is 0 Å². The van der Waals surface area contributed by atoms with Gasteiger partial charge in [-0.1, -0.05) is 0 Å². The van der Waals surface area contributed by atoms with E-state index in [1.54, 1.807) is 0 Å². The van der Waals surface area contributed by atoms with Crippen LogP contribution in [0.4, 0.5) is 5.69 Å². The molecule has 1 heterocycles. The summed E-state index contributed by atoms with van der Waals surface area (Å²) in [6.45, 7) is 0. The highest BCUT2D eigenvalue weighted by molar-refractivity contribution is 6.12. The largest absolute Gasteiger partial charge is 0.476 e. The Balaban J connectivity index is 2.85. The van der Waals surface area contributed by atoms with Crippen LogP contribution in [-0.4, -0.2) is 39.3 Å². The number of rotatable bonds is 3. The van der Waals surface area contributed by atoms with Crippen LogP contribution in [0.2, 0.25) is 0 Å². The van der Waals surface area contributed by atoms with Gasteiger partial charge < -0.3 is 9.84 Å². The number of methoxy groups -OCH3 is 1. The number of nitro groups is 1. The molecule has 0 saturated carbocycles. The lowest BCUT2D eigenvalue weighted by atomic mass is 10.1. The molecule has 0 bridgehead atoms. The molecule has 9 nitrogen and oxygen atoms in total. The van der Waals surface area contributed by atoms with E-state index in [1.165, 1.54) is 0 Å². The zero-order valence-electron chi connectivity index (χ0n) is 9.54. The number of non-ortho nitro benzene ring substituents is 1. The van der Waals surface area contributed by atoms with Gasteiger partial charge >= 0.3 is 11.9 Å². The molecule has 0 fully saturated rings. The number of benzene rings is 1. The molecule has 0 amide bonds. The Bertz CT molecular complexity index is 705. The molecular formula is C10H7N3O6. The van der Waals surface area contributed by atoms with Crippen molar-refractivity contribution < 1.29 is 24.4 Å². The first-order valence-corrected chi connectivity index (χ1v) is 4.93. The second-order valence-corrected chi connectivity index (χ2v) is 3.54. The van der Waals surface area contributed by atoms with Crippen LogP contribution in [0.1, 0.15) is 20.8 Å². The monoisotopic (exact) mass is 265 g/mol. The van der Waals surface area contributed by atoms with Crippen LogP contribution in [-0.2, 0) is 4.74 Å². The summed E-state index contributed by atoms with van der Waals surface area (Å²) in [6.07, 6.45) is 0. The molecule has 0 atom stereocenters. The van der Waals surface area contributed by atoms with E-state index in [1.807, 2.05) is 0 Å². The smallest absolute Gasteiger partial charge is 0.357 e. The van der Waals surface area contributed by atoms with E-state index < -0.39 is 22.6 Å². The molecule has 2 aromatic rings. The number of H-pyrrole nitrogens is 1. The third-order valence-corrected chi connectivity index (χ3v) is 2.47. The van der Waals surface area contributed by atoms with Crippen LogP contribution in [0, 0.1) is 10.1 Å². The Labute approximate surface area is 104 Å². The summed E-state index contributed by atoms with van der Waals surface area (Å²) < 4.78 is 4.49. The van der Waals surface area contributed by atoms with Crippen molar-refractivity contribution in [2.24, 2.45) is 0 Å². The molecule has 2 rings (SSSR count). The first kappa shape index (κ1) is 12.5. The number of carbonyl (C=O) groups is 2. The summed E-state index contributed by atoms with van der Waals surface area (Å²) >= 11 is 0. The van der Waals surface area contributed by atoms with Crippen LogP contribution >= 0.6 is 0 Å². The van der Waals surface area contributed by atoms with E-state index in [0.717, 1.165) is 19.2 Å². The molecule has 0 unspecified atom stereocenters. The van der Waals surface area contributed by atoms with Gasteiger partial charge in [0.2, 0.25) is 0 Å². The van der Waals surface area contributed by atoms with Gasteiger partial charge in [-0.2, -0.15) is 5.10 Å². The Morgan fingerprint density at radius 3 is 2.68 bits per heavy atom. The maximum Gasteiger partial charge on any atom is 0.357 e. The zero-order valence-corrected chi connectivity index (χ0v) is 9.54. The molecule has 0 radical (unpaired) electrons. The van der Waals surface area contributed by atoms with Gasteiger partial charge in [0.1, 0.15) is 0 Å². The van der Waals surface area contributed by atoms with Crippen molar-refractivity contribution in [2.75, 3.05) is 7.11 Å². The van der Waals surface area contributed by atoms with Crippen LogP contribution in [0.5, 0.6) is 0 Å². The van der Waals surface area contributed by atoms with Crippen molar-refractivity contribution >= 4 is 28.5 Å². The van der Waals surface area contributed by atoms with Gasteiger partial charge in [0, 0.05) is 17.5 Å². The minimum absolute atomic E-state index is 0.0232. The second kappa shape index (κ2) is 4.37. The number of fused-ring (bicyclic) bond motifs is 1. The van der Waals surface area contributed by atoms with Crippen LogP contribution < -0.4 is 0 Å². The summed E-state index contributed by atoms with van der Waals surface area (Å²) in [4.78, 5) is 32.6. The summed E-state index contributed by atoms with van der Waals surface area (Å²) in [6, 6.07) is 2.05. The molecule has 19 heavy (non-hydrogen) atoms. The highest BCUT2D eigenvalue weighted by Crippen LogP contribution is 2.27. The van der Waals surface area contributed by atoms with E-state index >= 15 is 0 Å². The van der Waals surface area contributed by atoms with Gasteiger partial charge in [-0.3, -0.25) is 15.2 Å². The number of nitrogens with zero attached hydrogens (tertiary/aromatic N) is 2. The first-order chi connectivity index (χ1) is 8.95. The van der Waals surface area contributed by atoms with Crippen molar-refractivity contribution in [1.29, 1.82) is 0 Å². The summed E-state index contributed by atoms with van der Waals surface area (Å²) in [5.41, 5.74) is -0.913. The van der Waals surface area contributed by atoms with E-state index in [-0.39, 0.29) is 22.2 Å². The maximum atomic E-state index is 11.6. The number of carbonyl (C=O) groups excluding carboxylic acids is 1. The molecular weight excluding hydrogens is 258 g/mol. The molecule has 9 heteroatoms. The second-order valence-electron chi connectivity index (χ2n) is 3.54. The fourth-order valence-electron chi connectivity index (χ4n) is 1.67. The van der Waals surface area contributed by atoms with Crippen molar-refractivity contribution in [1.82, 2.24) is 10.2 Å². The number of hydrogen-bond acceptors (Lipinski definition) is 6. The number of aromatic amines is 1. The van der Waals surface area contributed by atoms with E-state index in [4.69, 9.17) is 5.11 Å². The average molecular weight is 265 g/mol. The predicted molar refractivity (Wildman–Crippen MR) is 61.0 cm³/mol. The topological polar surface area (TPSA) is 135 Å². The van der Waals surface area contributed by atoms with Crippen LogP contribution in [0.15, 0.2) is 12.1 Å². The van der Waals surface area contributed by atoms with Crippen molar-refractivity contribution in [3.8, 4) is 0 Å². The molecule has 0 aliphatic rings. The zero-order chi connectivity index (χ0) is 14.2. The number of nitro benzene ring substituents is 1. The third-order valence-electron chi connectivity index (χ3n) is 2.47. The molecule has 1 aromatic carbocycles. The normalized spacial score (nSPS) is 10.4. The lowest BCUT2D eigenvalue weighted by Gasteiger charge is -2.02. The van der Waals surface area contributed by atoms with Crippen molar-refractivity contribution in [3.63, 3.8) is 0 Å². The quantitative estimate of drug-likeness (QED) is 0.479. The predicted octanol–water partition coefficient (Wildman–Crippen LogP) is 0.956. The van der Waals surface area contributed by atoms with E-state index in [2.05, 4.69) is 14.9 Å². The van der Waals surface area contributed by atoms with Gasteiger partial charge in [-0.15, -0.1) is 0 Å². The molecule has 0 saturated heterocycles. The number of aromatic nitrogens is 2. The van der Waals surface area contributed by atoms with E-state index in [0.29, 0.717) is 0 Å². The summed E-state index contributed by atoms with van der Waals surface area (Å²) in [7, 11) is 1.09. The molecule has 0 aliphatic carbocycles. The van der Waals surface area contributed by atoms with Gasteiger partial charge in [0.15, 0.2) is 5.69 Å². The first-order valence-electron chi connectivity index (χ1n) is 4.93. The maximum absolute atomic E-state index is 11.6. The number of nitrogens with one attached hydrogen (secondary N) is 1. The lowest BCUT2D eigenvalue weighted by Crippen LogP contribution is -2.06. The van der Waals surface area contributed by atoms with Crippen molar-refractivity contribution in [3.05, 3.63) is 33.5 Å². The Kier molecular flexibility index (Phi) is 2.87. The van der Waals surface area contributed by atoms with Gasteiger partial charge in [0.05, 0.1) is 23.1 Å². The minimum Gasteiger partial charge on any atom is -0.476 e. The molecule has 98 valence electrons. The average Bonchev–Trinajstić information content (AvgIpc) is 2.80. The van der Waals surface area contributed by atoms with Crippen LogP contribution in [0.3, 0.4) is 0 Å². The fraction of sp³-hybridized carbons (Fsp3) is 0.100. The number of carboxylic acid groups (broad SMARTS) is 1. The highest BCUT2D eigenvalue weighted by Gasteiger charge is 2.24.